The number of nitrogen functional groups attached to an aromatic ring is 1. The van der Waals surface area contributed by atoms with Crippen LogP contribution >= 0.6 is 11.6 Å². The highest BCUT2D eigenvalue weighted by Crippen LogP contribution is 2.31. The zero-order valence-corrected chi connectivity index (χ0v) is 12.1. The summed E-state index contributed by atoms with van der Waals surface area (Å²) in [5.74, 6) is 0.445. The molecule has 0 amide bonds. The fourth-order valence-electron chi connectivity index (χ4n) is 2.36. The van der Waals surface area contributed by atoms with E-state index in [-0.39, 0.29) is 5.78 Å². The number of nitrogens with one attached hydrogen (secondary N) is 1. The summed E-state index contributed by atoms with van der Waals surface area (Å²) in [6.45, 7) is 0. The lowest BCUT2D eigenvalue weighted by molar-refractivity contribution is 0.104. The second kappa shape index (κ2) is 5.14. The molecule has 0 spiro atoms. The third-order valence-electron chi connectivity index (χ3n) is 3.37. The molecule has 0 saturated carbocycles. The van der Waals surface area contributed by atoms with E-state index in [0.717, 1.165) is 10.9 Å². The van der Waals surface area contributed by atoms with Crippen molar-refractivity contribution in [2.24, 2.45) is 0 Å². The molecule has 0 fully saturated rings. The highest BCUT2D eigenvalue weighted by Gasteiger charge is 2.19. The van der Waals surface area contributed by atoms with Gasteiger partial charge >= 0.3 is 0 Å². The molecule has 3 N–H and O–H groups in total. The van der Waals surface area contributed by atoms with Crippen molar-refractivity contribution in [1.29, 1.82) is 0 Å². The lowest BCUT2D eigenvalue weighted by Gasteiger charge is -2.06. The molecule has 0 unspecified atom stereocenters. The summed E-state index contributed by atoms with van der Waals surface area (Å²) in [7, 11) is 1.57. The Morgan fingerprint density at radius 2 is 2.05 bits per heavy atom. The quantitative estimate of drug-likeness (QED) is 0.573. The van der Waals surface area contributed by atoms with Crippen LogP contribution in [0.15, 0.2) is 42.6 Å². The predicted molar refractivity (Wildman–Crippen MR) is 84.1 cm³/mol. The largest absolute Gasteiger partial charge is 0.496 e. The summed E-state index contributed by atoms with van der Waals surface area (Å²) >= 11 is 6.11. The molecule has 4 nitrogen and oxygen atoms in total. The minimum atomic E-state index is -0.192. The van der Waals surface area contributed by atoms with Crippen LogP contribution < -0.4 is 10.5 Å². The van der Waals surface area contributed by atoms with Gasteiger partial charge in [0.25, 0.3) is 0 Å². The maximum Gasteiger partial charge on any atom is 0.196 e. The Bertz CT molecular complexity index is 839. The van der Waals surface area contributed by atoms with E-state index in [2.05, 4.69) is 4.98 Å². The Morgan fingerprint density at radius 1 is 1.24 bits per heavy atom. The Kier molecular flexibility index (Phi) is 3.31. The Balaban J connectivity index is 2.20. The minimum Gasteiger partial charge on any atom is -0.496 e. The van der Waals surface area contributed by atoms with Gasteiger partial charge in [-0.2, -0.15) is 0 Å². The van der Waals surface area contributed by atoms with Gasteiger partial charge in [-0.15, -0.1) is 0 Å². The number of aromatic amines is 1. The SMILES string of the molecule is COc1cccc2[nH]cc(C(=O)c3cc(N)ccc3Cl)c12. The zero-order valence-electron chi connectivity index (χ0n) is 11.3. The lowest BCUT2D eigenvalue weighted by Crippen LogP contribution is -2.03. The zero-order chi connectivity index (χ0) is 15.0. The molecule has 0 atom stereocenters. The molecule has 2 aromatic carbocycles. The van der Waals surface area contributed by atoms with Gasteiger partial charge in [0.2, 0.25) is 0 Å². The molecule has 3 aromatic rings. The van der Waals surface area contributed by atoms with Crippen molar-refractivity contribution in [3.63, 3.8) is 0 Å². The number of H-pyrrole nitrogens is 1. The van der Waals surface area contributed by atoms with Crippen LogP contribution in [0.2, 0.25) is 5.02 Å². The Morgan fingerprint density at radius 3 is 2.81 bits per heavy atom. The van der Waals surface area contributed by atoms with E-state index in [1.165, 1.54) is 0 Å². The molecule has 106 valence electrons. The van der Waals surface area contributed by atoms with Crippen molar-refractivity contribution >= 4 is 34.0 Å². The van der Waals surface area contributed by atoms with Crippen LogP contribution in [0.5, 0.6) is 5.75 Å². The number of hydrogen-bond donors (Lipinski definition) is 2. The number of fused-ring (bicyclic) bond motifs is 1. The van der Waals surface area contributed by atoms with E-state index in [1.807, 2.05) is 18.2 Å². The van der Waals surface area contributed by atoms with Crippen molar-refractivity contribution in [1.82, 2.24) is 4.98 Å². The minimum absolute atomic E-state index is 0.192. The Hall–Kier alpha value is -2.46. The van der Waals surface area contributed by atoms with Gasteiger partial charge in [0.15, 0.2) is 5.78 Å². The molecule has 21 heavy (non-hydrogen) atoms. The monoisotopic (exact) mass is 300 g/mol. The van der Waals surface area contributed by atoms with Crippen LogP contribution in [0, 0.1) is 0 Å². The first kappa shape index (κ1) is 13.5. The number of anilines is 1. The summed E-state index contributed by atoms with van der Waals surface area (Å²) in [4.78, 5) is 15.8. The van der Waals surface area contributed by atoms with Gasteiger partial charge in [-0.05, 0) is 30.3 Å². The van der Waals surface area contributed by atoms with Crippen molar-refractivity contribution in [3.8, 4) is 5.75 Å². The second-order valence-corrected chi connectivity index (χ2v) is 5.06. The molecular formula is C16H13ClN2O2. The van der Waals surface area contributed by atoms with Crippen LogP contribution in [0.1, 0.15) is 15.9 Å². The fraction of sp³-hybridized carbons (Fsp3) is 0.0625. The summed E-state index contributed by atoms with van der Waals surface area (Å²) in [5, 5.41) is 1.11. The topological polar surface area (TPSA) is 68.1 Å². The molecule has 3 rings (SSSR count). The molecule has 0 aliphatic carbocycles. The van der Waals surface area contributed by atoms with Crippen LogP contribution in [0.3, 0.4) is 0 Å². The maximum atomic E-state index is 12.7. The number of halogens is 1. The van der Waals surface area contributed by atoms with E-state index >= 15 is 0 Å². The summed E-state index contributed by atoms with van der Waals surface area (Å²) in [6, 6.07) is 10.4. The van der Waals surface area contributed by atoms with E-state index in [1.54, 1.807) is 31.5 Å². The number of aromatic nitrogens is 1. The molecule has 1 heterocycles. The third-order valence-corrected chi connectivity index (χ3v) is 3.70. The number of benzene rings is 2. The van der Waals surface area contributed by atoms with Crippen molar-refractivity contribution in [3.05, 3.63) is 58.7 Å². The van der Waals surface area contributed by atoms with Crippen LogP contribution in [-0.4, -0.2) is 17.9 Å². The van der Waals surface area contributed by atoms with Gasteiger partial charge in [0.05, 0.1) is 23.1 Å². The average Bonchev–Trinajstić information content (AvgIpc) is 2.93. The van der Waals surface area contributed by atoms with Gasteiger partial charge in [-0.1, -0.05) is 17.7 Å². The first-order chi connectivity index (χ1) is 10.1. The third kappa shape index (κ3) is 2.23. The van der Waals surface area contributed by atoms with Crippen LogP contribution in [-0.2, 0) is 0 Å². The lowest BCUT2D eigenvalue weighted by atomic mass is 10.0. The summed E-state index contributed by atoms with van der Waals surface area (Å²) in [5.41, 5.74) is 7.96. The van der Waals surface area contributed by atoms with Gasteiger partial charge in [0.1, 0.15) is 5.75 Å². The average molecular weight is 301 g/mol. The number of ether oxygens (including phenoxy) is 1. The first-order valence-electron chi connectivity index (χ1n) is 6.35. The maximum absolute atomic E-state index is 12.7. The summed E-state index contributed by atoms with van der Waals surface area (Å²) in [6.07, 6.45) is 1.66. The number of carbonyl (C=O) groups excluding carboxylic acids is 1. The highest BCUT2D eigenvalue weighted by atomic mass is 35.5. The number of methoxy groups -OCH3 is 1. The predicted octanol–water partition coefficient (Wildman–Crippen LogP) is 3.64. The van der Waals surface area contributed by atoms with Gasteiger partial charge in [-0.3, -0.25) is 4.79 Å². The number of ketones is 1. The van der Waals surface area contributed by atoms with E-state index in [9.17, 15) is 4.79 Å². The number of nitrogens with two attached hydrogens (primary N) is 1. The molecule has 0 saturated heterocycles. The van der Waals surface area contributed by atoms with Crippen molar-refractivity contribution in [2.75, 3.05) is 12.8 Å². The van der Waals surface area contributed by atoms with Gasteiger partial charge in [0, 0.05) is 23.0 Å². The summed E-state index contributed by atoms with van der Waals surface area (Å²) < 4.78 is 5.34. The molecular weight excluding hydrogens is 288 g/mol. The van der Waals surface area contributed by atoms with E-state index in [4.69, 9.17) is 22.1 Å². The second-order valence-electron chi connectivity index (χ2n) is 4.65. The first-order valence-corrected chi connectivity index (χ1v) is 6.73. The van der Waals surface area contributed by atoms with E-state index in [0.29, 0.717) is 27.6 Å². The van der Waals surface area contributed by atoms with Gasteiger partial charge in [-0.25, -0.2) is 0 Å². The smallest absolute Gasteiger partial charge is 0.196 e. The van der Waals surface area contributed by atoms with Crippen LogP contribution in [0.25, 0.3) is 10.9 Å². The van der Waals surface area contributed by atoms with Gasteiger partial charge < -0.3 is 15.5 Å². The number of rotatable bonds is 3. The van der Waals surface area contributed by atoms with Crippen molar-refractivity contribution < 1.29 is 9.53 Å². The Labute approximate surface area is 126 Å². The molecule has 0 bridgehead atoms. The van der Waals surface area contributed by atoms with Crippen LogP contribution in [0.4, 0.5) is 5.69 Å². The molecule has 1 aromatic heterocycles. The van der Waals surface area contributed by atoms with E-state index < -0.39 is 0 Å². The number of hydrogen-bond acceptors (Lipinski definition) is 3. The highest BCUT2D eigenvalue weighted by molar-refractivity contribution is 6.35. The fourth-order valence-corrected chi connectivity index (χ4v) is 2.57. The molecule has 0 aliphatic heterocycles. The standard InChI is InChI=1S/C16H13ClN2O2/c1-21-14-4-2-3-13-15(14)11(8-19-13)16(20)10-7-9(18)5-6-12(10)17/h2-8,19H,18H2,1H3. The number of carbonyl (C=O) groups is 1. The molecule has 0 aliphatic rings. The molecule has 0 radical (unpaired) electrons. The molecule has 5 heteroatoms. The van der Waals surface area contributed by atoms with Crippen molar-refractivity contribution in [2.45, 2.75) is 0 Å². The normalized spacial score (nSPS) is 10.8.